The molecule has 1 aliphatic rings. The van der Waals surface area contributed by atoms with Gasteiger partial charge in [-0.3, -0.25) is 0 Å². The molecule has 3 heterocycles. The second kappa shape index (κ2) is 11.3. The summed E-state index contributed by atoms with van der Waals surface area (Å²) in [5.74, 6) is 0.0584. The molecule has 0 radical (unpaired) electrons. The molecule has 3 aromatic heterocycles. The van der Waals surface area contributed by atoms with Gasteiger partial charge < -0.3 is 8.98 Å². The van der Waals surface area contributed by atoms with Crippen LogP contribution in [-0.4, -0.2) is 4.57 Å². The molecule has 1 atom stereocenters. The number of nitrogens with zero attached hydrogens (tertiary/aromatic N) is 1. The van der Waals surface area contributed by atoms with Crippen LogP contribution in [0.4, 0.5) is 0 Å². The van der Waals surface area contributed by atoms with E-state index in [2.05, 4.69) is 187 Å². The SMILES string of the molecule is c1ccc2c(c1)-c1ccc(-c3ccc4c(c3)c3c5ccccc5ccc3n4-c3ccc4sc5ccccc5c4c3)cc1C2c1cccc2c1oc1ccccc12. The van der Waals surface area contributed by atoms with Crippen LogP contribution in [0.15, 0.2) is 186 Å². The van der Waals surface area contributed by atoms with Gasteiger partial charge in [-0.15, -0.1) is 11.3 Å². The van der Waals surface area contributed by atoms with E-state index in [0.717, 1.165) is 16.6 Å². The fourth-order valence-corrected chi connectivity index (χ4v) is 10.9. The number of rotatable bonds is 3. The Hall–Kier alpha value is -6.94. The summed E-state index contributed by atoms with van der Waals surface area (Å²) >= 11 is 1.87. The molecule has 3 heteroatoms. The summed E-state index contributed by atoms with van der Waals surface area (Å²) in [7, 11) is 0. The van der Waals surface area contributed by atoms with Gasteiger partial charge in [-0.05, 0) is 98.8 Å². The van der Waals surface area contributed by atoms with Gasteiger partial charge in [0, 0.05) is 58.9 Å². The lowest BCUT2D eigenvalue weighted by atomic mass is 9.87. The Kier molecular flexibility index (Phi) is 6.13. The van der Waals surface area contributed by atoms with E-state index < -0.39 is 0 Å². The van der Waals surface area contributed by atoms with Crippen molar-refractivity contribution in [2.75, 3.05) is 0 Å². The Labute approximate surface area is 326 Å². The molecule has 0 saturated heterocycles. The van der Waals surface area contributed by atoms with Crippen molar-refractivity contribution in [1.82, 2.24) is 4.57 Å². The standard InChI is InChI=1S/C53H31NOS/c1-2-11-35-31(10-1)21-26-47-52(35)45-29-33(22-25-46(45)54(47)34-23-27-50-43(30-34)39-14-6-8-19-49(39)56-50)32-20-24-37-36-12-3-4-15-40(36)51(44(37)28-32)42-17-9-16-41-38-13-5-7-18-48(38)55-53(41)42/h1-30,51H. The largest absolute Gasteiger partial charge is 0.456 e. The molecular formula is C53H31NOS. The first-order valence-corrected chi connectivity index (χ1v) is 20.1. The van der Waals surface area contributed by atoms with Gasteiger partial charge in [-0.2, -0.15) is 0 Å². The normalized spacial score (nSPS) is 13.9. The van der Waals surface area contributed by atoms with Gasteiger partial charge in [0.15, 0.2) is 0 Å². The van der Waals surface area contributed by atoms with Gasteiger partial charge in [0.05, 0.1) is 11.0 Å². The monoisotopic (exact) mass is 729 g/mol. The highest BCUT2D eigenvalue weighted by molar-refractivity contribution is 7.25. The van der Waals surface area contributed by atoms with E-state index in [4.69, 9.17) is 4.42 Å². The number of para-hydroxylation sites is 2. The highest BCUT2D eigenvalue weighted by Crippen LogP contribution is 2.51. The van der Waals surface area contributed by atoms with Gasteiger partial charge in [-0.25, -0.2) is 0 Å². The summed E-state index contributed by atoms with van der Waals surface area (Å²) in [5.41, 5.74) is 14.4. The lowest BCUT2D eigenvalue weighted by molar-refractivity contribution is 0.661. The van der Waals surface area contributed by atoms with Gasteiger partial charge >= 0.3 is 0 Å². The maximum atomic E-state index is 6.64. The first kappa shape index (κ1) is 30.4. The van der Waals surface area contributed by atoms with Crippen molar-refractivity contribution in [2.24, 2.45) is 0 Å². The van der Waals surface area contributed by atoms with Crippen LogP contribution in [-0.2, 0) is 0 Å². The van der Waals surface area contributed by atoms with Crippen LogP contribution in [0.2, 0.25) is 0 Å². The van der Waals surface area contributed by atoms with E-state index >= 15 is 0 Å². The quantitative estimate of drug-likeness (QED) is 0.177. The van der Waals surface area contributed by atoms with Crippen molar-refractivity contribution >= 4 is 86.0 Å². The minimum atomic E-state index is 0.0584. The van der Waals surface area contributed by atoms with Crippen LogP contribution in [0.3, 0.4) is 0 Å². The van der Waals surface area contributed by atoms with Crippen molar-refractivity contribution < 1.29 is 4.42 Å². The van der Waals surface area contributed by atoms with E-state index in [1.165, 1.54) is 103 Å². The Morgan fingerprint density at radius 1 is 0.429 bits per heavy atom. The Balaban J connectivity index is 1.03. The number of furan rings is 1. The molecule has 13 rings (SSSR count). The number of benzene rings is 9. The van der Waals surface area contributed by atoms with Crippen LogP contribution in [0, 0.1) is 0 Å². The van der Waals surface area contributed by atoms with Gasteiger partial charge in [0.25, 0.3) is 0 Å². The summed E-state index contributed by atoms with van der Waals surface area (Å²) in [5, 5.41) is 10.0. The van der Waals surface area contributed by atoms with E-state index in [1.54, 1.807) is 0 Å². The molecule has 1 aliphatic carbocycles. The number of hydrogen-bond acceptors (Lipinski definition) is 2. The first-order chi connectivity index (χ1) is 27.8. The third kappa shape index (κ3) is 4.15. The van der Waals surface area contributed by atoms with E-state index in [0.29, 0.717) is 0 Å². The Bertz CT molecular complexity index is 3620. The van der Waals surface area contributed by atoms with Gasteiger partial charge in [0.1, 0.15) is 11.2 Å². The van der Waals surface area contributed by atoms with Crippen molar-refractivity contribution in [1.29, 1.82) is 0 Å². The van der Waals surface area contributed by atoms with Crippen molar-refractivity contribution in [3.63, 3.8) is 0 Å². The van der Waals surface area contributed by atoms with Crippen LogP contribution in [0.5, 0.6) is 0 Å². The molecule has 1 unspecified atom stereocenters. The minimum absolute atomic E-state index is 0.0584. The van der Waals surface area contributed by atoms with Gasteiger partial charge in [0.2, 0.25) is 0 Å². The lowest BCUT2D eigenvalue weighted by Gasteiger charge is -2.16. The summed E-state index contributed by atoms with van der Waals surface area (Å²) < 4.78 is 11.8. The van der Waals surface area contributed by atoms with Crippen molar-refractivity contribution in [3.05, 3.63) is 199 Å². The summed E-state index contributed by atoms with van der Waals surface area (Å²) in [6, 6.07) is 67.2. The molecule has 9 aromatic carbocycles. The number of hydrogen-bond donors (Lipinski definition) is 0. The van der Waals surface area contributed by atoms with E-state index in [-0.39, 0.29) is 5.92 Å². The van der Waals surface area contributed by atoms with Crippen molar-refractivity contribution in [2.45, 2.75) is 5.92 Å². The number of fused-ring (bicyclic) bond motifs is 14. The molecule has 56 heavy (non-hydrogen) atoms. The molecule has 0 spiro atoms. The maximum absolute atomic E-state index is 6.64. The molecule has 0 bridgehead atoms. The van der Waals surface area contributed by atoms with E-state index in [9.17, 15) is 0 Å². The smallest absolute Gasteiger partial charge is 0.139 e. The fourth-order valence-electron chi connectivity index (χ4n) is 9.82. The molecule has 0 amide bonds. The topological polar surface area (TPSA) is 18.1 Å². The minimum Gasteiger partial charge on any atom is -0.456 e. The second-order valence-corrected chi connectivity index (χ2v) is 16.3. The molecule has 0 saturated carbocycles. The second-order valence-electron chi connectivity index (χ2n) is 15.2. The van der Waals surface area contributed by atoms with Crippen LogP contribution in [0.1, 0.15) is 22.6 Å². The van der Waals surface area contributed by atoms with Crippen LogP contribution >= 0.6 is 11.3 Å². The molecule has 12 aromatic rings. The zero-order chi connectivity index (χ0) is 36.5. The average molecular weight is 730 g/mol. The van der Waals surface area contributed by atoms with Gasteiger partial charge in [-0.1, -0.05) is 127 Å². The highest BCUT2D eigenvalue weighted by Gasteiger charge is 2.32. The Morgan fingerprint density at radius 3 is 2.11 bits per heavy atom. The predicted octanol–water partition coefficient (Wildman–Crippen LogP) is 15.0. The molecule has 260 valence electrons. The summed E-state index contributed by atoms with van der Waals surface area (Å²) in [6.45, 7) is 0. The third-order valence-corrected chi connectivity index (χ3v) is 13.4. The predicted molar refractivity (Wildman–Crippen MR) is 237 cm³/mol. The first-order valence-electron chi connectivity index (χ1n) is 19.3. The zero-order valence-electron chi connectivity index (χ0n) is 30.2. The summed E-state index contributed by atoms with van der Waals surface area (Å²) in [4.78, 5) is 0. The van der Waals surface area contributed by atoms with Crippen LogP contribution < -0.4 is 0 Å². The molecule has 2 nitrogen and oxygen atoms in total. The maximum Gasteiger partial charge on any atom is 0.139 e. The summed E-state index contributed by atoms with van der Waals surface area (Å²) in [6.07, 6.45) is 0. The molecule has 0 N–H and O–H groups in total. The lowest BCUT2D eigenvalue weighted by Crippen LogP contribution is -2.00. The van der Waals surface area contributed by atoms with Crippen molar-refractivity contribution in [3.8, 4) is 27.9 Å². The number of thiophene rings is 1. The average Bonchev–Trinajstić information content (AvgIpc) is 4.00. The molecule has 0 fully saturated rings. The zero-order valence-corrected chi connectivity index (χ0v) is 31.0. The third-order valence-electron chi connectivity index (χ3n) is 12.3. The highest BCUT2D eigenvalue weighted by atomic mass is 32.1. The molecule has 0 aliphatic heterocycles. The number of aromatic nitrogens is 1. The fraction of sp³-hybridized carbons (Fsp3) is 0.0189. The Morgan fingerprint density at radius 2 is 1.14 bits per heavy atom. The molecular weight excluding hydrogens is 699 g/mol. The van der Waals surface area contributed by atoms with E-state index in [1.807, 2.05) is 11.3 Å². The van der Waals surface area contributed by atoms with Crippen LogP contribution in [0.25, 0.3) is 103 Å².